The molecular formula is C15H14N2OS. The second kappa shape index (κ2) is 4.63. The van der Waals surface area contributed by atoms with Gasteiger partial charge in [0.05, 0.1) is 11.4 Å². The van der Waals surface area contributed by atoms with Crippen LogP contribution in [0, 0.1) is 0 Å². The monoisotopic (exact) mass is 270 g/mol. The van der Waals surface area contributed by atoms with Crippen molar-refractivity contribution in [3.05, 3.63) is 48.0 Å². The minimum atomic E-state index is -0.386. The lowest BCUT2D eigenvalue weighted by molar-refractivity contribution is 0.100. The second-order valence-corrected chi connectivity index (χ2v) is 5.44. The molecule has 3 nitrogen and oxygen atoms in total. The highest BCUT2D eigenvalue weighted by molar-refractivity contribution is 7.99. The molecule has 0 fully saturated rings. The van der Waals surface area contributed by atoms with Gasteiger partial charge in [-0.05, 0) is 37.3 Å². The van der Waals surface area contributed by atoms with Crippen LogP contribution in [-0.4, -0.2) is 12.5 Å². The van der Waals surface area contributed by atoms with E-state index in [1.54, 1.807) is 17.8 Å². The van der Waals surface area contributed by atoms with Gasteiger partial charge in [0, 0.05) is 21.9 Å². The Balaban J connectivity index is 2.16. The Morgan fingerprint density at radius 2 is 1.89 bits per heavy atom. The lowest BCUT2D eigenvalue weighted by atomic mass is 10.1. The Hall–Kier alpha value is -1.94. The number of para-hydroxylation sites is 1. The molecule has 1 heterocycles. The van der Waals surface area contributed by atoms with Gasteiger partial charge in [-0.2, -0.15) is 0 Å². The van der Waals surface area contributed by atoms with Gasteiger partial charge in [0.15, 0.2) is 0 Å². The molecule has 0 saturated heterocycles. The van der Waals surface area contributed by atoms with Crippen molar-refractivity contribution in [1.82, 2.24) is 0 Å². The van der Waals surface area contributed by atoms with Crippen LogP contribution in [0.3, 0.4) is 0 Å². The van der Waals surface area contributed by atoms with Crippen LogP contribution in [0.5, 0.6) is 0 Å². The highest BCUT2D eigenvalue weighted by Crippen LogP contribution is 2.47. The summed E-state index contributed by atoms with van der Waals surface area (Å²) < 4.78 is 0. The van der Waals surface area contributed by atoms with E-state index in [0.717, 1.165) is 17.1 Å². The predicted octanol–water partition coefficient (Wildman–Crippen LogP) is 3.41. The lowest BCUT2D eigenvalue weighted by Crippen LogP contribution is -2.21. The molecule has 0 spiro atoms. The number of rotatable bonds is 2. The van der Waals surface area contributed by atoms with Gasteiger partial charge in [-0.3, -0.25) is 4.79 Å². The maximum atomic E-state index is 11.3. The molecule has 1 aliphatic heterocycles. The first kappa shape index (κ1) is 12.1. The fourth-order valence-electron chi connectivity index (χ4n) is 2.32. The summed E-state index contributed by atoms with van der Waals surface area (Å²) in [5.41, 5.74) is 8.16. The van der Waals surface area contributed by atoms with Gasteiger partial charge in [0.2, 0.25) is 5.91 Å². The molecule has 2 aromatic carbocycles. The van der Waals surface area contributed by atoms with E-state index in [1.807, 2.05) is 24.3 Å². The Morgan fingerprint density at radius 1 is 1.16 bits per heavy atom. The number of carbonyl (C=O) groups is 1. The van der Waals surface area contributed by atoms with Gasteiger partial charge in [-0.1, -0.05) is 23.9 Å². The van der Waals surface area contributed by atoms with Crippen molar-refractivity contribution in [3.8, 4) is 0 Å². The summed E-state index contributed by atoms with van der Waals surface area (Å²) in [4.78, 5) is 15.9. The quantitative estimate of drug-likeness (QED) is 0.909. The van der Waals surface area contributed by atoms with Gasteiger partial charge in [-0.15, -0.1) is 0 Å². The molecule has 0 bridgehead atoms. The van der Waals surface area contributed by atoms with Crippen LogP contribution in [-0.2, 0) is 0 Å². The second-order valence-electron chi connectivity index (χ2n) is 4.36. The van der Waals surface area contributed by atoms with Gasteiger partial charge in [-0.25, -0.2) is 0 Å². The number of nitrogens with zero attached hydrogens (tertiary/aromatic N) is 1. The van der Waals surface area contributed by atoms with Gasteiger partial charge >= 0.3 is 0 Å². The molecule has 2 N–H and O–H groups in total. The van der Waals surface area contributed by atoms with Crippen LogP contribution in [0.25, 0.3) is 0 Å². The third kappa shape index (κ3) is 1.98. The standard InChI is InChI=1S/C15H14N2OS/c1-2-17-11-5-3-4-6-13(11)19-14-8-7-10(15(16)18)9-12(14)17/h3-9H,2H2,1H3,(H2,16,18). The Labute approximate surface area is 116 Å². The molecule has 0 atom stereocenters. The molecule has 0 aliphatic carbocycles. The summed E-state index contributed by atoms with van der Waals surface area (Å²) in [7, 11) is 0. The topological polar surface area (TPSA) is 46.3 Å². The normalized spacial score (nSPS) is 12.8. The first-order valence-corrected chi connectivity index (χ1v) is 7.00. The SMILES string of the molecule is CCN1c2ccccc2Sc2ccc(C(N)=O)cc21. The molecule has 0 radical (unpaired) electrons. The highest BCUT2D eigenvalue weighted by Gasteiger charge is 2.22. The smallest absolute Gasteiger partial charge is 0.248 e. The fourth-order valence-corrected chi connectivity index (χ4v) is 3.40. The van der Waals surface area contributed by atoms with E-state index in [4.69, 9.17) is 5.73 Å². The minimum absolute atomic E-state index is 0.386. The summed E-state index contributed by atoms with van der Waals surface area (Å²) in [5.74, 6) is -0.386. The van der Waals surface area contributed by atoms with Crippen molar-refractivity contribution < 1.29 is 4.79 Å². The molecule has 0 saturated carbocycles. The fraction of sp³-hybridized carbons (Fsp3) is 0.133. The number of anilines is 2. The lowest BCUT2D eigenvalue weighted by Gasteiger charge is -2.32. The Morgan fingerprint density at radius 3 is 2.63 bits per heavy atom. The van der Waals surface area contributed by atoms with E-state index in [2.05, 4.69) is 24.0 Å². The maximum Gasteiger partial charge on any atom is 0.248 e. The van der Waals surface area contributed by atoms with E-state index in [0.29, 0.717) is 5.56 Å². The van der Waals surface area contributed by atoms with Crippen molar-refractivity contribution in [2.45, 2.75) is 16.7 Å². The third-order valence-electron chi connectivity index (χ3n) is 3.23. The zero-order valence-corrected chi connectivity index (χ0v) is 11.4. The largest absolute Gasteiger partial charge is 0.366 e. The van der Waals surface area contributed by atoms with Crippen LogP contribution in [0.2, 0.25) is 0 Å². The number of hydrogen-bond acceptors (Lipinski definition) is 3. The molecule has 0 unspecified atom stereocenters. The van der Waals surface area contributed by atoms with Crippen molar-refractivity contribution in [2.75, 3.05) is 11.4 Å². The number of fused-ring (bicyclic) bond motifs is 2. The number of amides is 1. The first-order valence-electron chi connectivity index (χ1n) is 6.19. The summed E-state index contributed by atoms with van der Waals surface area (Å²) >= 11 is 1.73. The molecule has 19 heavy (non-hydrogen) atoms. The van der Waals surface area contributed by atoms with Gasteiger partial charge in [0.25, 0.3) is 0 Å². The average molecular weight is 270 g/mol. The average Bonchev–Trinajstić information content (AvgIpc) is 2.44. The minimum Gasteiger partial charge on any atom is -0.366 e. The molecule has 1 amide bonds. The molecule has 1 aliphatic rings. The van der Waals surface area contributed by atoms with E-state index >= 15 is 0 Å². The van der Waals surface area contributed by atoms with Crippen LogP contribution < -0.4 is 10.6 Å². The van der Waals surface area contributed by atoms with E-state index < -0.39 is 0 Å². The third-order valence-corrected chi connectivity index (χ3v) is 4.36. The molecule has 4 heteroatoms. The van der Waals surface area contributed by atoms with Crippen molar-refractivity contribution >= 4 is 29.0 Å². The van der Waals surface area contributed by atoms with Crippen LogP contribution >= 0.6 is 11.8 Å². The molecule has 0 aromatic heterocycles. The summed E-state index contributed by atoms with van der Waals surface area (Å²) in [5, 5.41) is 0. The Bertz CT molecular complexity index is 654. The van der Waals surface area contributed by atoms with Crippen LogP contribution in [0.15, 0.2) is 52.3 Å². The highest BCUT2D eigenvalue weighted by atomic mass is 32.2. The summed E-state index contributed by atoms with van der Waals surface area (Å²) in [6.45, 7) is 2.96. The molecular weight excluding hydrogens is 256 g/mol. The van der Waals surface area contributed by atoms with Crippen molar-refractivity contribution in [2.24, 2.45) is 5.73 Å². The van der Waals surface area contributed by atoms with Crippen LogP contribution in [0.4, 0.5) is 11.4 Å². The number of benzene rings is 2. The number of carbonyl (C=O) groups excluding carboxylic acids is 1. The zero-order chi connectivity index (χ0) is 13.4. The van der Waals surface area contributed by atoms with Gasteiger partial charge in [0.1, 0.15) is 0 Å². The summed E-state index contributed by atoms with van der Waals surface area (Å²) in [6, 6.07) is 13.9. The van der Waals surface area contributed by atoms with Crippen molar-refractivity contribution in [1.29, 1.82) is 0 Å². The Kier molecular flexibility index (Phi) is 2.95. The number of primary amides is 1. The number of nitrogens with two attached hydrogens (primary N) is 1. The maximum absolute atomic E-state index is 11.3. The number of hydrogen-bond donors (Lipinski definition) is 1. The van der Waals surface area contributed by atoms with E-state index in [1.165, 1.54) is 10.6 Å². The molecule has 2 aromatic rings. The van der Waals surface area contributed by atoms with Crippen LogP contribution in [0.1, 0.15) is 17.3 Å². The van der Waals surface area contributed by atoms with Crippen molar-refractivity contribution in [3.63, 3.8) is 0 Å². The summed E-state index contributed by atoms with van der Waals surface area (Å²) in [6.07, 6.45) is 0. The predicted molar refractivity (Wildman–Crippen MR) is 78.2 cm³/mol. The molecule has 3 rings (SSSR count). The van der Waals surface area contributed by atoms with Gasteiger partial charge < -0.3 is 10.6 Å². The molecule has 96 valence electrons. The first-order chi connectivity index (χ1) is 9.20. The van der Waals surface area contributed by atoms with E-state index in [9.17, 15) is 4.79 Å². The van der Waals surface area contributed by atoms with E-state index in [-0.39, 0.29) is 5.91 Å². The zero-order valence-electron chi connectivity index (χ0n) is 10.6.